The summed E-state index contributed by atoms with van der Waals surface area (Å²) in [7, 11) is -1.41. The maximum Gasteiger partial charge on any atom is 0.209 e. The standard InChI is InChI=1S/C12H26N2O3S/c1-12(2,14-18(4,15)16)9-13-10-6-5-7-11(8-10)17-3/h10-11,13-14H,5-9H2,1-4H3. The molecule has 6 heteroatoms. The predicted molar refractivity (Wildman–Crippen MR) is 73.1 cm³/mol. The maximum atomic E-state index is 11.2. The van der Waals surface area contributed by atoms with Gasteiger partial charge in [-0.25, -0.2) is 13.1 Å². The summed E-state index contributed by atoms with van der Waals surface area (Å²) in [6.45, 7) is 4.40. The number of hydrogen-bond donors (Lipinski definition) is 2. The summed E-state index contributed by atoms with van der Waals surface area (Å²) in [5, 5.41) is 3.44. The molecule has 0 radical (unpaired) electrons. The average molecular weight is 278 g/mol. The van der Waals surface area contributed by atoms with E-state index in [9.17, 15) is 8.42 Å². The number of hydrogen-bond acceptors (Lipinski definition) is 4. The monoisotopic (exact) mass is 278 g/mol. The van der Waals surface area contributed by atoms with Gasteiger partial charge in [-0.05, 0) is 39.5 Å². The highest BCUT2D eigenvalue weighted by Crippen LogP contribution is 2.21. The fraction of sp³-hybridized carbons (Fsp3) is 1.00. The van der Waals surface area contributed by atoms with E-state index in [1.54, 1.807) is 7.11 Å². The summed E-state index contributed by atoms with van der Waals surface area (Å²) in [4.78, 5) is 0. The molecule has 2 unspecified atom stereocenters. The van der Waals surface area contributed by atoms with E-state index in [0.717, 1.165) is 25.7 Å². The molecule has 0 bridgehead atoms. The molecule has 0 amide bonds. The summed E-state index contributed by atoms with van der Waals surface area (Å²) in [6.07, 6.45) is 5.95. The number of methoxy groups -OCH3 is 1. The first-order valence-corrected chi connectivity index (χ1v) is 8.36. The minimum absolute atomic E-state index is 0.335. The zero-order chi connectivity index (χ0) is 13.8. The summed E-state index contributed by atoms with van der Waals surface area (Å²) in [6, 6.07) is 0.421. The minimum atomic E-state index is -3.16. The van der Waals surface area contributed by atoms with Crippen molar-refractivity contribution < 1.29 is 13.2 Å². The van der Waals surface area contributed by atoms with E-state index in [-0.39, 0.29) is 0 Å². The highest BCUT2D eigenvalue weighted by Gasteiger charge is 2.26. The Morgan fingerprint density at radius 2 is 2.00 bits per heavy atom. The van der Waals surface area contributed by atoms with Crippen LogP contribution in [0.2, 0.25) is 0 Å². The largest absolute Gasteiger partial charge is 0.381 e. The van der Waals surface area contributed by atoms with Crippen molar-refractivity contribution >= 4 is 10.0 Å². The van der Waals surface area contributed by atoms with E-state index in [0.29, 0.717) is 18.7 Å². The van der Waals surface area contributed by atoms with Crippen LogP contribution in [-0.4, -0.2) is 46.0 Å². The van der Waals surface area contributed by atoms with Crippen molar-refractivity contribution in [1.29, 1.82) is 0 Å². The predicted octanol–water partition coefficient (Wildman–Crippen LogP) is 0.861. The Balaban J connectivity index is 2.39. The van der Waals surface area contributed by atoms with Gasteiger partial charge in [-0.15, -0.1) is 0 Å². The Labute approximate surface area is 111 Å². The van der Waals surface area contributed by atoms with Gasteiger partial charge in [-0.2, -0.15) is 0 Å². The lowest BCUT2D eigenvalue weighted by Gasteiger charge is -2.32. The zero-order valence-electron chi connectivity index (χ0n) is 11.8. The Morgan fingerprint density at radius 3 is 2.56 bits per heavy atom. The van der Waals surface area contributed by atoms with Gasteiger partial charge in [0.05, 0.1) is 12.4 Å². The number of nitrogens with one attached hydrogen (secondary N) is 2. The lowest BCUT2D eigenvalue weighted by atomic mass is 9.92. The third-order valence-corrected chi connectivity index (χ3v) is 4.18. The molecule has 0 aromatic rings. The van der Waals surface area contributed by atoms with Crippen LogP contribution in [0, 0.1) is 0 Å². The first-order valence-electron chi connectivity index (χ1n) is 6.47. The van der Waals surface area contributed by atoms with Crippen molar-refractivity contribution in [2.45, 2.75) is 57.2 Å². The lowest BCUT2D eigenvalue weighted by Crippen LogP contribution is -2.52. The fourth-order valence-corrected chi connectivity index (χ4v) is 3.56. The molecule has 0 aromatic carbocycles. The molecule has 1 rings (SSSR count). The molecule has 0 aliphatic heterocycles. The molecule has 18 heavy (non-hydrogen) atoms. The molecule has 1 saturated carbocycles. The van der Waals surface area contributed by atoms with E-state index in [1.807, 2.05) is 13.8 Å². The maximum absolute atomic E-state index is 11.2. The van der Waals surface area contributed by atoms with Crippen molar-refractivity contribution in [3.05, 3.63) is 0 Å². The van der Waals surface area contributed by atoms with Gasteiger partial charge in [0.15, 0.2) is 0 Å². The number of sulfonamides is 1. The van der Waals surface area contributed by atoms with Gasteiger partial charge in [0, 0.05) is 25.2 Å². The smallest absolute Gasteiger partial charge is 0.209 e. The molecule has 0 saturated heterocycles. The van der Waals surface area contributed by atoms with Crippen LogP contribution in [0.15, 0.2) is 0 Å². The van der Waals surface area contributed by atoms with Gasteiger partial charge in [-0.1, -0.05) is 0 Å². The molecule has 0 spiro atoms. The first-order chi connectivity index (χ1) is 8.22. The fourth-order valence-electron chi connectivity index (χ4n) is 2.48. The van der Waals surface area contributed by atoms with Crippen LogP contribution < -0.4 is 10.0 Å². The second-order valence-corrected chi connectivity index (χ2v) is 7.61. The summed E-state index contributed by atoms with van der Waals surface area (Å²) < 4.78 is 30.5. The van der Waals surface area contributed by atoms with Crippen LogP contribution in [0.4, 0.5) is 0 Å². The van der Waals surface area contributed by atoms with Crippen molar-refractivity contribution in [2.75, 3.05) is 19.9 Å². The zero-order valence-corrected chi connectivity index (χ0v) is 12.6. The molecule has 1 fully saturated rings. The van der Waals surface area contributed by atoms with E-state index >= 15 is 0 Å². The van der Waals surface area contributed by atoms with Gasteiger partial charge in [0.2, 0.25) is 10.0 Å². The molecule has 1 aliphatic carbocycles. The normalized spacial score (nSPS) is 26.2. The highest BCUT2D eigenvalue weighted by molar-refractivity contribution is 7.88. The Kier molecular flexibility index (Phi) is 5.58. The molecule has 0 aromatic heterocycles. The minimum Gasteiger partial charge on any atom is -0.381 e. The third-order valence-electron chi connectivity index (χ3n) is 3.25. The Bertz CT molecular complexity index is 354. The molecule has 108 valence electrons. The van der Waals surface area contributed by atoms with E-state index in [1.165, 1.54) is 6.26 Å². The molecule has 5 nitrogen and oxygen atoms in total. The molecule has 0 heterocycles. The quantitative estimate of drug-likeness (QED) is 0.756. The number of rotatable bonds is 6. The summed E-state index contributed by atoms with van der Waals surface area (Å²) in [5.41, 5.74) is -0.465. The average Bonchev–Trinajstić information content (AvgIpc) is 2.24. The van der Waals surface area contributed by atoms with Crippen molar-refractivity contribution in [1.82, 2.24) is 10.0 Å². The summed E-state index contributed by atoms with van der Waals surface area (Å²) in [5.74, 6) is 0. The SMILES string of the molecule is COC1CCCC(NCC(C)(C)NS(C)(=O)=O)C1. The van der Waals surface area contributed by atoms with E-state index in [4.69, 9.17) is 4.74 Å². The number of ether oxygens (including phenoxy) is 1. The molecule has 2 atom stereocenters. The lowest BCUT2D eigenvalue weighted by molar-refractivity contribution is 0.0580. The summed E-state index contributed by atoms with van der Waals surface area (Å²) >= 11 is 0. The topological polar surface area (TPSA) is 67.4 Å². The van der Waals surface area contributed by atoms with E-state index in [2.05, 4.69) is 10.0 Å². The second-order valence-electron chi connectivity index (χ2n) is 5.86. The molecule has 1 aliphatic rings. The van der Waals surface area contributed by atoms with Gasteiger partial charge in [0.1, 0.15) is 0 Å². The molecular formula is C12H26N2O3S. The highest BCUT2D eigenvalue weighted by atomic mass is 32.2. The van der Waals surface area contributed by atoms with Gasteiger partial charge >= 0.3 is 0 Å². The van der Waals surface area contributed by atoms with Crippen molar-refractivity contribution in [3.63, 3.8) is 0 Å². The van der Waals surface area contributed by atoms with Crippen LogP contribution in [-0.2, 0) is 14.8 Å². The molecular weight excluding hydrogens is 252 g/mol. The second kappa shape index (κ2) is 6.32. The van der Waals surface area contributed by atoms with Crippen LogP contribution in [0.1, 0.15) is 39.5 Å². The Hall–Kier alpha value is -0.170. The van der Waals surface area contributed by atoms with Crippen LogP contribution in [0.3, 0.4) is 0 Å². The van der Waals surface area contributed by atoms with Crippen LogP contribution in [0.25, 0.3) is 0 Å². The van der Waals surface area contributed by atoms with Crippen molar-refractivity contribution in [2.24, 2.45) is 0 Å². The van der Waals surface area contributed by atoms with E-state index < -0.39 is 15.6 Å². The molecule has 2 N–H and O–H groups in total. The first kappa shape index (κ1) is 15.9. The Morgan fingerprint density at radius 1 is 1.33 bits per heavy atom. The van der Waals surface area contributed by atoms with Crippen LogP contribution >= 0.6 is 0 Å². The van der Waals surface area contributed by atoms with Gasteiger partial charge < -0.3 is 10.1 Å². The van der Waals surface area contributed by atoms with Crippen molar-refractivity contribution in [3.8, 4) is 0 Å². The van der Waals surface area contributed by atoms with Crippen LogP contribution in [0.5, 0.6) is 0 Å². The van der Waals surface area contributed by atoms with Gasteiger partial charge in [0.25, 0.3) is 0 Å². The van der Waals surface area contributed by atoms with Gasteiger partial charge in [-0.3, -0.25) is 0 Å². The third kappa shape index (κ3) is 6.13.